The quantitative estimate of drug-likeness (QED) is 0.596. The summed E-state index contributed by atoms with van der Waals surface area (Å²) in [5, 5.41) is 10.3. The van der Waals surface area contributed by atoms with Crippen molar-refractivity contribution in [1.82, 2.24) is 4.98 Å². The summed E-state index contributed by atoms with van der Waals surface area (Å²) in [4.78, 5) is 14.1. The molecule has 0 aliphatic rings. The molecular weight excluding hydrogens is 142 g/mol. The molecule has 0 aliphatic carbocycles. The van der Waals surface area contributed by atoms with Crippen molar-refractivity contribution in [3.8, 4) is 0 Å². The lowest BCUT2D eigenvalue weighted by molar-refractivity contribution is -0.255. The Labute approximate surface area is 64.7 Å². The molecule has 0 aromatic carbocycles. The van der Waals surface area contributed by atoms with Gasteiger partial charge in [-0.1, -0.05) is 13.0 Å². The van der Waals surface area contributed by atoms with E-state index >= 15 is 0 Å². The van der Waals surface area contributed by atoms with E-state index in [0.717, 1.165) is 12.1 Å². The lowest BCUT2D eigenvalue weighted by atomic mass is 10.2. The first-order valence-corrected chi connectivity index (χ1v) is 3.41. The fraction of sp³-hybridized carbons (Fsp3) is 0.250. The number of hydrogen-bond donors (Lipinski definition) is 0. The van der Waals surface area contributed by atoms with Gasteiger partial charge in [0.25, 0.3) is 0 Å². The molecule has 3 nitrogen and oxygen atoms in total. The highest BCUT2D eigenvalue weighted by molar-refractivity contribution is 5.83. The SMILES string of the molecule is CCc1cccc(C(=O)[O-])n1. The van der Waals surface area contributed by atoms with Crippen LogP contribution in [0.25, 0.3) is 0 Å². The van der Waals surface area contributed by atoms with Gasteiger partial charge in [-0.05, 0) is 18.6 Å². The van der Waals surface area contributed by atoms with Crippen LogP contribution in [-0.2, 0) is 6.42 Å². The third kappa shape index (κ3) is 1.77. The molecule has 58 valence electrons. The first kappa shape index (κ1) is 7.72. The zero-order chi connectivity index (χ0) is 8.27. The molecule has 1 heterocycles. The minimum atomic E-state index is -1.22. The number of aromatic carboxylic acids is 1. The lowest BCUT2D eigenvalue weighted by Gasteiger charge is -2.01. The maximum atomic E-state index is 10.3. The Morgan fingerprint density at radius 1 is 1.64 bits per heavy atom. The van der Waals surface area contributed by atoms with Gasteiger partial charge in [-0.25, -0.2) is 0 Å². The van der Waals surface area contributed by atoms with E-state index in [4.69, 9.17) is 0 Å². The highest BCUT2D eigenvalue weighted by Gasteiger charge is 1.94. The van der Waals surface area contributed by atoms with Crippen LogP contribution in [0.4, 0.5) is 0 Å². The van der Waals surface area contributed by atoms with Gasteiger partial charge in [0, 0.05) is 5.69 Å². The van der Waals surface area contributed by atoms with Crippen LogP contribution in [0.5, 0.6) is 0 Å². The van der Waals surface area contributed by atoms with E-state index in [0.29, 0.717) is 0 Å². The summed E-state index contributed by atoms with van der Waals surface area (Å²) in [5.74, 6) is -1.22. The molecule has 0 atom stereocenters. The first-order chi connectivity index (χ1) is 5.24. The molecule has 0 aliphatic heterocycles. The van der Waals surface area contributed by atoms with Crippen molar-refractivity contribution in [2.75, 3.05) is 0 Å². The Kier molecular flexibility index (Phi) is 2.21. The summed E-state index contributed by atoms with van der Waals surface area (Å²) >= 11 is 0. The van der Waals surface area contributed by atoms with Crippen LogP contribution in [0.15, 0.2) is 18.2 Å². The molecule has 0 fully saturated rings. The van der Waals surface area contributed by atoms with Gasteiger partial charge in [0.2, 0.25) is 0 Å². The standard InChI is InChI=1S/C8H9NO2/c1-2-6-4-3-5-7(9-6)8(10)11/h3-5H,2H2,1H3,(H,10,11)/p-1. The Morgan fingerprint density at radius 2 is 2.36 bits per heavy atom. The average molecular weight is 150 g/mol. The molecule has 0 spiro atoms. The van der Waals surface area contributed by atoms with Crippen molar-refractivity contribution in [1.29, 1.82) is 0 Å². The van der Waals surface area contributed by atoms with Crippen LogP contribution in [0, 0.1) is 0 Å². The fourth-order valence-electron chi connectivity index (χ4n) is 0.790. The van der Waals surface area contributed by atoms with Crippen molar-refractivity contribution >= 4 is 5.97 Å². The number of carbonyl (C=O) groups is 1. The third-order valence-corrected chi connectivity index (χ3v) is 1.38. The smallest absolute Gasteiger partial charge is 0.0900 e. The van der Waals surface area contributed by atoms with E-state index in [9.17, 15) is 9.90 Å². The number of carboxylic acid groups (broad SMARTS) is 1. The van der Waals surface area contributed by atoms with Gasteiger partial charge < -0.3 is 9.90 Å². The Hall–Kier alpha value is -1.38. The van der Waals surface area contributed by atoms with E-state index in [1.54, 1.807) is 12.1 Å². The molecule has 0 saturated carbocycles. The van der Waals surface area contributed by atoms with Crippen LogP contribution in [0.2, 0.25) is 0 Å². The van der Waals surface area contributed by atoms with E-state index < -0.39 is 5.97 Å². The second-order valence-electron chi connectivity index (χ2n) is 2.16. The minimum absolute atomic E-state index is 0.00403. The Balaban J connectivity index is 3.01. The molecule has 0 unspecified atom stereocenters. The highest BCUT2D eigenvalue weighted by atomic mass is 16.4. The van der Waals surface area contributed by atoms with Gasteiger partial charge in [-0.15, -0.1) is 0 Å². The summed E-state index contributed by atoms with van der Waals surface area (Å²) in [5.41, 5.74) is 0.774. The molecule has 0 bridgehead atoms. The van der Waals surface area contributed by atoms with Crippen molar-refractivity contribution in [2.45, 2.75) is 13.3 Å². The molecule has 0 saturated heterocycles. The number of nitrogens with zero attached hydrogens (tertiary/aromatic N) is 1. The van der Waals surface area contributed by atoms with Crippen molar-refractivity contribution in [3.05, 3.63) is 29.6 Å². The predicted octanol–water partition coefficient (Wildman–Crippen LogP) is 0.00750. The van der Waals surface area contributed by atoms with Gasteiger partial charge in [-0.3, -0.25) is 4.98 Å². The van der Waals surface area contributed by atoms with E-state index in [2.05, 4.69) is 4.98 Å². The molecular formula is C8H8NO2-. The summed E-state index contributed by atoms with van der Waals surface area (Å²) in [7, 11) is 0. The summed E-state index contributed by atoms with van der Waals surface area (Å²) in [6, 6.07) is 4.87. The Morgan fingerprint density at radius 3 is 2.91 bits per heavy atom. The van der Waals surface area contributed by atoms with Crippen molar-refractivity contribution in [2.24, 2.45) is 0 Å². The Bertz CT molecular complexity index is 271. The molecule has 3 heteroatoms. The van der Waals surface area contributed by atoms with E-state index in [1.165, 1.54) is 6.07 Å². The van der Waals surface area contributed by atoms with Crippen LogP contribution in [0.3, 0.4) is 0 Å². The molecule has 1 aromatic rings. The van der Waals surface area contributed by atoms with Crippen LogP contribution >= 0.6 is 0 Å². The maximum absolute atomic E-state index is 10.3. The minimum Gasteiger partial charge on any atom is -0.543 e. The average Bonchev–Trinajstić information content (AvgIpc) is 2.05. The summed E-state index contributed by atoms with van der Waals surface area (Å²) < 4.78 is 0. The number of hydrogen-bond acceptors (Lipinski definition) is 3. The molecule has 0 radical (unpaired) electrons. The molecule has 0 N–H and O–H groups in total. The molecule has 11 heavy (non-hydrogen) atoms. The second kappa shape index (κ2) is 3.14. The molecule has 0 amide bonds. The molecule has 1 aromatic heterocycles. The largest absolute Gasteiger partial charge is 0.543 e. The number of carbonyl (C=O) groups excluding carboxylic acids is 1. The van der Waals surface area contributed by atoms with Gasteiger partial charge in [0.15, 0.2) is 0 Å². The summed E-state index contributed by atoms with van der Waals surface area (Å²) in [6.07, 6.45) is 0.737. The number of carboxylic acids is 1. The van der Waals surface area contributed by atoms with Crippen LogP contribution in [0.1, 0.15) is 23.1 Å². The van der Waals surface area contributed by atoms with Crippen LogP contribution in [-0.4, -0.2) is 11.0 Å². The first-order valence-electron chi connectivity index (χ1n) is 3.41. The normalized spacial score (nSPS) is 9.55. The van der Waals surface area contributed by atoms with Gasteiger partial charge in [0.05, 0.1) is 11.7 Å². The third-order valence-electron chi connectivity index (χ3n) is 1.38. The zero-order valence-corrected chi connectivity index (χ0v) is 6.20. The highest BCUT2D eigenvalue weighted by Crippen LogP contribution is 1.98. The predicted molar refractivity (Wildman–Crippen MR) is 37.9 cm³/mol. The van der Waals surface area contributed by atoms with Gasteiger partial charge in [-0.2, -0.15) is 0 Å². The second-order valence-corrected chi connectivity index (χ2v) is 2.16. The lowest BCUT2D eigenvalue weighted by Crippen LogP contribution is -2.23. The number of pyridine rings is 1. The fourth-order valence-corrected chi connectivity index (χ4v) is 0.790. The zero-order valence-electron chi connectivity index (χ0n) is 6.20. The number of aromatic nitrogens is 1. The van der Waals surface area contributed by atoms with Gasteiger partial charge in [0.1, 0.15) is 0 Å². The monoisotopic (exact) mass is 150 g/mol. The summed E-state index contributed by atoms with van der Waals surface area (Å²) in [6.45, 7) is 1.92. The number of aryl methyl sites for hydroxylation is 1. The van der Waals surface area contributed by atoms with Crippen molar-refractivity contribution < 1.29 is 9.90 Å². The van der Waals surface area contributed by atoms with E-state index in [-0.39, 0.29) is 5.69 Å². The maximum Gasteiger partial charge on any atom is 0.0900 e. The van der Waals surface area contributed by atoms with Crippen molar-refractivity contribution in [3.63, 3.8) is 0 Å². The topological polar surface area (TPSA) is 53.0 Å². The van der Waals surface area contributed by atoms with Crippen LogP contribution < -0.4 is 5.11 Å². The number of rotatable bonds is 2. The van der Waals surface area contributed by atoms with Gasteiger partial charge >= 0.3 is 0 Å². The van der Waals surface area contributed by atoms with E-state index in [1.807, 2.05) is 6.92 Å². The molecule has 1 rings (SSSR count).